The van der Waals surface area contributed by atoms with E-state index in [2.05, 4.69) is 5.32 Å². The number of carbonyl (C=O) groups excluding carboxylic acids is 2. The van der Waals surface area contributed by atoms with E-state index in [4.69, 9.17) is 4.74 Å². The molecule has 1 fully saturated rings. The van der Waals surface area contributed by atoms with Gasteiger partial charge >= 0.3 is 12.0 Å². The Balaban J connectivity index is 2.78. The fraction of sp³-hybridized carbons (Fsp3) is 0.800. The van der Waals surface area contributed by atoms with Crippen LogP contribution in [0.1, 0.15) is 20.3 Å². The maximum atomic E-state index is 11.6. The molecule has 1 N–H and O–H groups in total. The lowest BCUT2D eigenvalue weighted by atomic mass is 10.0. The third-order valence-electron chi connectivity index (χ3n) is 2.52. The largest absolute Gasteiger partial charge is 0.467 e. The van der Waals surface area contributed by atoms with Gasteiger partial charge in [-0.25, -0.2) is 9.59 Å². The quantitative estimate of drug-likeness (QED) is 0.700. The Bertz CT molecular complexity index is 253. The summed E-state index contributed by atoms with van der Waals surface area (Å²) < 4.78 is 4.71. The van der Waals surface area contributed by atoms with Gasteiger partial charge in [0.05, 0.1) is 7.11 Å². The van der Waals surface area contributed by atoms with E-state index in [9.17, 15) is 9.59 Å². The highest BCUT2D eigenvalue weighted by atomic mass is 16.5. The highest BCUT2D eigenvalue weighted by Crippen LogP contribution is 2.15. The second-order valence-corrected chi connectivity index (χ2v) is 3.99. The molecule has 0 aromatic carbocycles. The number of ether oxygens (including phenoxy) is 1. The number of urea groups is 1. The molecule has 0 saturated carbocycles. The zero-order chi connectivity index (χ0) is 11.4. The lowest BCUT2D eigenvalue weighted by molar-refractivity contribution is -0.147. The van der Waals surface area contributed by atoms with E-state index in [1.54, 1.807) is 4.90 Å². The maximum Gasteiger partial charge on any atom is 0.328 e. The van der Waals surface area contributed by atoms with Crippen molar-refractivity contribution in [2.24, 2.45) is 5.92 Å². The molecule has 86 valence electrons. The van der Waals surface area contributed by atoms with Crippen LogP contribution < -0.4 is 5.32 Å². The molecule has 0 unspecified atom stereocenters. The molecule has 5 nitrogen and oxygen atoms in total. The lowest BCUT2D eigenvalue weighted by Crippen LogP contribution is -2.55. The minimum absolute atomic E-state index is 0.0568. The summed E-state index contributed by atoms with van der Waals surface area (Å²) in [6.07, 6.45) is 0.867. The normalized spacial score (nSPS) is 18.7. The molecule has 1 atom stereocenters. The van der Waals surface area contributed by atoms with E-state index in [1.807, 2.05) is 13.8 Å². The Morgan fingerprint density at radius 1 is 1.53 bits per heavy atom. The zero-order valence-electron chi connectivity index (χ0n) is 9.45. The van der Waals surface area contributed by atoms with Crippen molar-refractivity contribution in [1.29, 1.82) is 0 Å². The van der Waals surface area contributed by atoms with E-state index in [-0.39, 0.29) is 17.9 Å². The Hall–Kier alpha value is -1.26. The van der Waals surface area contributed by atoms with Crippen LogP contribution in [0.15, 0.2) is 0 Å². The van der Waals surface area contributed by atoms with E-state index in [0.717, 1.165) is 6.42 Å². The molecule has 1 aliphatic rings. The summed E-state index contributed by atoms with van der Waals surface area (Å²) in [7, 11) is 1.35. The molecule has 0 radical (unpaired) electrons. The first kappa shape index (κ1) is 11.8. The fourth-order valence-corrected chi connectivity index (χ4v) is 1.79. The minimum Gasteiger partial charge on any atom is -0.467 e. The summed E-state index contributed by atoms with van der Waals surface area (Å²) in [6.45, 7) is 5.11. The van der Waals surface area contributed by atoms with Gasteiger partial charge in [-0.15, -0.1) is 0 Å². The van der Waals surface area contributed by atoms with Gasteiger partial charge in [0.1, 0.15) is 6.04 Å². The van der Waals surface area contributed by atoms with Crippen LogP contribution in [0.2, 0.25) is 0 Å². The van der Waals surface area contributed by atoms with Gasteiger partial charge < -0.3 is 15.0 Å². The standard InChI is InChI=1S/C10H18N2O3/c1-7(2)8(9(13)15-3)12-6-4-5-11-10(12)14/h7-8H,4-6H2,1-3H3,(H,11,14)/t8-/m0/s1. The van der Waals surface area contributed by atoms with Gasteiger partial charge in [-0.2, -0.15) is 0 Å². The summed E-state index contributed by atoms with van der Waals surface area (Å²) in [5.41, 5.74) is 0. The molecule has 15 heavy (non-hydrogen) atoms. The number of rotatable bonds is 3. The van der Waals surface area contributed by atoms with Gasteiger partial charge in [0.25, 0.3) is 0 Å². The molecule has 0 spiro atoms. The van der Waals surface area contributed by atoms with Gasteiger partial charge in [0.2, 0.25) is 0 Å². The number of carbonyl (C=O) groups is 2. The monoisotopic (exact) mass is 214 g/mol. The van der Waals surface area contributed by atoms with Gasteiger partial charge in [0, 0.05) is 13.1 Å². The topological polar surface area (TPSA) is 58.6 Å². The number of nitrogens with zero attached hydrogens (tertiary/aromatic N) is 1. The molecule has 1 saturated heterocycles. The molecule has 0 bridgehead atoms. The van der Waals surface area contributed by atoms with Crippen LogP contribution >= 0.6 is 0 Å². The van der Waals surface area contributed by atoms with Crippen molar-refractivity contribution in [3.8, 4) is 0 Å². The number of hydrogen-bond acceptors (Lipinski definition) is 3. The molecule has 1 aliphatic heterocycles. The second-order valence-electron chi connectivity index (χ2n) is 3.99. The van der Waals surface area contributed by atoms with Crippen LogP contribution in [0.25, 0.3) is 0 Å². The van der Waals surface area contributed by atoms with Crippen LogP contribution in [0, 0.1) is 5.92 Å². The Kier molecular flexibility index (Phi) is 3.94. The zero-order valence-corrected chi connectivity index (χ0v) is 9.45. The van der Waals surface area contributed by atoms with Crippen molar-refractivity contribution < 1.29 is 14.3 Å². The first-order valence-corrected chi connectivity index (χ1v) is 5.20. The summed E-state index contributed by atoms with van der Waals surface area (Å²) in [5, 5.41) is 2.73. The van der Waals surface area contributed by atoms with E-state index in [0.29, 0.717) is 13.1 Å². The molecule has 2 amide bonds. The molecule has 0 aliphatic carbocycles. The van der Waals surface area contributed by atoms with Gasteiger partial charge in [-0.05, 0) is 12.3 Å². The van der Waals surface area contributed by atoms with Crippen molar-refractivity contribution in [1.82, 2.24) is 10.2 Å². The van der Waals surface area contributed by atoms with Crippen molar-refractivity contribution in [3.05, 3.63) is 0 Å². The Morgan fingerprint density at radius 3 is 2.67 bits per heavy atom. The summed E-state index contributed by atoms with van der Waals surface area (Å²) in [4.78, 5) is 24.7. The van der Waals surface area contributed by atoms with E-state index in [1.165, 1.54) is 7.11 Å². The van der Waals surface area contributed by atoms with Crippen molar-refractivity contribution in [2.45, 2.75) is 26.3 Å². The summed E-state index contributed by atoms with van der Waals surface area (Å²) in [5.74, 6) is -0.289. The van der Waals surface area contributed by atoms with Crippen LogP contribution in [0.3, 0.4) is 0 Å². The van der Waals surface area contributed by atoms with Gasteiger partial charge in [0.15, 0.2) is 0 Å². The van der Waals surface area contributed by atoms with Crippen molar-refractivity contribution in [2.75, 3.05) is 20.2 Å². The number of esters is 1. The average Bonchev–Trinajstić information content (AvgIpc) is 2.20. The molecule has 1 heterocycles. The van der Waals surface area contributed by atoms with Gasteiger partial charge in [-0.1, -0.05) is 13.8 Å². The number of amides is 2. The van der Waals surface area contributed by atoms with E-state index < -0.39 is 6.04 Å². The lowest BCUT2D eigenvalue weighted by Gasteiger charge is -2.35. The molecule has 0 aromatic heterocycles. The van der Waals surface area contributed by atoms with Crippen molar-refractivity contribution >= 4 is 12.0 Å². The summed E-state index contributed by atoms with van der Waals surface area (Å²) in [6, 6.07) is -0.652. The van der Waals surface area contributed by atoms with E-state index >= 15 is 0 Å². The van der Waals surface area contributed by atoms with Gasteiger partial charge in [-0.3, -0.25) is 0 Å². The third-order valence-corrected chi connectivity index (χ3v) is 2.52. The number of methoxy groups -OCH3 is 1. The summed E-state index contributed by atoms with van der Waals surface area (Å²) >= 11 is 0. The minimum atomic E-state index is -0.477. The predicted octanol–water partition coefficient (Wildman–Crippen LogP) is 0.599. The number of nitrogens with one attached hydrogen (secondary N) is 1. The van der Waals surface area contributed by atoms with Crippen LogP contribution in [-0.2, 0) is 9.53 Å². The highest BCUT2D eigenvalue weighted by molar-refractivity contribution is 5.84. The fourth-order valence-electron chi connectivity index (χ4n) is 1.79. The predicted molar refractivity (Wildman–Crippen MR) is 55.4 cm³/mol. The Labute approximate surface area is 89.8 Å². The van der Waals surface area contributed by atoms with Crippen LogP contribution in [-0.4, -0.2) is 43.1 Å². The molecule has 5 heteroatoms. The molecule has 1 rings (SSSR count). The molecular formula is C10H18N2O3. The van der Waals surface area contributed by atoms with Crippen LogP contribution in [0.4, 0.5) is 4.79 Å². The van der Waals surface area contributed by atoms with Crippen molar-refractivity contribution in [3.63, 3.8) is 0 Å². The third kappa shape index (κ3) is 2.61. The molecule has 0 aromatic rings. The number of hydrogen-bond donors (Lipinski definition) is 1. The Morgan fingerprint density at radius 2 is 2.20 bits per heavy atom. The average molecular weight is 214 g/mol. The SMILES string of the molecule is COC(=O)[C@H](C(C)C)N1CCCNC1=O. The van der Waals surface area contributed by atoms with Crippen LogP contribution in [0.5, 0.6) is 0 Å². The smallest absolute Gasteiger partial charge is 0.328 e. The molecular weight excluding hydrogens is 196 g/mol. The second kappa shape index (κ2) is 5.00. The first-order chi connectivity index (χ1) is 7.07. The highest BCUT2D eigenvalue weighted by Gasteiger charge is 2.34. The maximum absolute atomic E-state index is 11.6. The first-order valence-electron chi connectivity index (χ1n) is 5.20.